The SMILES string of the molecule is C=CC(C)(Cc1ccc(C)cc1)OC(C)=O. The van der Waals surface area contributed by atoms with Gasteiger partial charge >= 0.3 is 5.97 Å². The topological polar surface area (TPSA) is 26.3 Å². The molecule has 0 bridgehead atoms. The van der Waals surface area contributed by atoms with Crippen LogP contribution in [0.25, 0.3) is 0 Å². The highest BCUT2D eigenvalue weighted by atomic mass is 16.6. The molecule has 16 heavy (non-hydrogen) atoms. The van der Waals surface area contributed by atoms with Crippen molar-refractivity contribution in [3.05, 3.63) is 48.0 Å². The molecular formula is C14H18O2. The summed E-state index contributed by atoms with van der Waals surface area (Å²) in [5.41, 5.74) is 1.73. The molecule has 0 heterocycles. The monoisotopic (exact) mass is 218 g/mol. The molecule has 0 radical (unpaired) electrons. The third-order valence-corrected chi connectivity index (χ3v) is 2.48. The van der Waals surface area contributed by atoms with Gasteiger partial charge in [-0.3, -0.25) is 4.79 Å². The minimum atomic E-state index is -0.624. The van der Waals surface area contributed by atoms with Gasteiger partial charge < -0.3 is 4.74 Å². The molecule has 2 heteroatoms. The van der Waals surface area contributed by atoms with Gasteiger partial charge in [-0.1, -0.05) is 36.4 Å². The Bertz CT molecular complexity index is 378. The molecule has 1 aromatic carbocycles. The molecule has 0 aliphatic rings. The first-order valence-corrected chi connectivity index (χ1v) is 5.34. The lowest BCUT2D eigenvalue weighted by Gasteiger charge is -2.25. The molecule has 0 aliphatic heterocycles. The minimum absolute atomic E-state index is 0.283. The third kappa shape index (κ3) is 3.54. The average molecular weight is 218 g/mol. The van der Waals surface area contributed by atoms with Crippen LogP contribution in [0, 0.1) is 6.92 Å². The quantitative estimate of drug-likeness (QED) is 0.573. The van der Waals surface area contributed by atoms with E-state index in [2.05, 4.69) is 6.58 Å². The van der Waals surface area contributed by atoms with E-state index in [0.717, 1.165) is 5.56 Å². The van der Waals surface area contributed by atoms with Crippen molar-refractivity contribution < 1.29 is 9.53 Å². The van der Waals surface area contributed by atoms with Gasteiger partial charge in [-0.2, -0.15) is 0 Å². The van der Waals surface area contributed by atoms with E-state index in [1.807, 2.05) is 38.1 Å². The largest absolute Gasteiger partial charge is 0.455 e. The molecule has 0 aliphatic carbocycles. The highest BCUT2D eigenvalue weighted by Crippen LogP contribution is 2.19. The van der Waals surface area contributed by atoms with E-state index in [0.29, 0.717) is 6.42 Å². The van der Waals surface area contributed by atoms with E-state index in [9.17, 15) is 4.79 Å². The van der Waals surface area contributed by atoms with Crippen molar-refractivity contribution in [3.8, 4) is 0 Å². The van der Waals surface area contributed by atoms with Crippen LogP contribution in [0.2, 0.25) is 0 Å². The zero-order valence-electron chi connectivity index (χ0n) is 10.1. The Labute approximate surface area is 96.9 Å². The van der Waals surface area contributed by atoms with E-state index in [1.54, 1.807) is 6.08 Å². The number of benzene rings is 1. The molecular weight excluding hydrogens is 200 g/mol. The number of hydrogen-bond acceptors (Lipinski definition) is 2. The Morgan fingerprint density at radius 1 is 1.44 bits per heavy atom. The van der Waals surface area contributed by atoms with Crippen molar-refractivity contribution in [1.29, 1.82) is 0 Å². The number of aryl methyl sites for hydroxylation is 1. The first-order chi connectivity index (χ1) is 7.45. The first kappa shape index (κ1) is 12.5. The summed E-state index contributed by atoms with van der Waals surface area (Å²) in [4.78, 5) is 11.0. The highest BCUT2D eigenvalue weighted by molar-refractivity contribution is 5.66. The zero-order valence-corrected chi connectivity index (χ0v) is 10.1. The van der Waals surface area contributed by atoms with Crippen molar-refractivity contribution in [2.45, 2.75) is 32.8 Å². The molecule has 0 N–H and O–H groups in total. The Kier molecular flexibility index (Phi) is 3.88. The van der Waals surface area contributed by atoms with Crippen LogP contribution < -0.4 is 0 Å². The smallest absolute Gasteiger partial charge is 0.303 e. The summed E-state index contributed by atoms with van der Waals surface area (Å²) in [7, 11) is 0. The summed E-state index contributed by atoms with van der Waals surface area (Å²) in [5, 5.41) is 0. The van der Waals surface area contributed by atoms with E-state index >= 15 is 0 Å². The Morgan fingerprint density at radius 2 is 2.00 bits per heavy atom. The fourth-order valence-corrected chi connectivity index (χ4v) is 1.59. The van der Waals surface area contributed by atoms with Gasteiger partial charge in [0.2, 0.25) is 0 Å². The van der Waals surface area contributed by atoms with Crippen molar-refractivity contribution in [3.63, 3.8) is 0 Å². The van der Waals surface area contributed by atoms with Crippen LogP contribution in [0.4, 0.5) is 0 Å². The molecule has 2 nitrogen and oxygen atoms in total. The van der Waals surface area contributed by atoms with Crippen molar-refractivity contribution in [1.82, 2.24) is 0 Å². The van der Waals surface area contributed by atoms with Crippen LogP contribution in [0.5, 0.6) is 0 Å². The maximum Gasteiger partial charge on any atom is 0.303 e. The number of carbonyl (C=O) groups is 1. The molecule has 0 saturated carbocycles. The average Bonchev–Trinajstić information content (AvgIpc) is 2.20. The predicted octanol–water partition coefficient (Wildman–Crippen LogP) is 3.05. The standard InChI is InChI=1S/C14H18O2/c1-5-14(4,16-12(3)15)10-13-8-6-11(2)7-9-13/h5-9H,1,10H2,2-4H3. The lowest BCUT2D eigenvalue weighted by atomic mass is 9.96. The van der Waals surface area contributed by atoms with Gasteiger partial charge in [-0.05, 0) is 25.5 Å². The van der Waals surface area contributed by atoms with E-state index in [1.165, 1.54) is 12.5 Å². The number of rotatable bonds is 4. The summed E-state index contributed by atoms with van der Waals surface area (Å²) in [6.07, 6.45) is 2.32. The molecule has 0 aromatic heterocycles. The molecule has 1 atom stereocenters. The van der Waals surface area contributed by atoms with Crippen LogP contribution in [0.1, 0.15) is 25.0 Å². The molecule has 0 spiro atoms. The van der Waals surface area contributed by atoms with E-state index in [4.69, 9.17) is 4.74 Å². The van der Waals surface area contributed by atoms with Crippen molar-refractivity contribution >= 4 is 5.97 Å². The van der Waals surface area contributed by atoms with Crippen molar-refractivity contribution in [2.24, 2.45) is 0 Å². The second-order valence-corrected chi connectivity index (χ2v) is 4.27. The zero-order chi connectivity index (χ0) is 12.2. The van der Waals surface area contributed by atoms with Gasteiger partial charge in [0.25, 0.3) is 0 Å². The normalized spacial score (nSPS) is 13.9. The summed E-state index contributed by atoms with van der Waals surface area (Å²) < 4.78 is 5.26. The Hall–Kier alpha value is -1.57. The van der Waals surface area contributed by atoms with Gasteiger partial charge in [-0.25, -0.2) is 0 Å². The first-order valence-electron chi connectivity index (χ1n) is 5.34. The van der Waals surface area contributed by atoms with Gasteiger partial charge in [0, 0.05) is 13.3 Å². The molecule has 1 aromatic rings. The fourth-order valence-electron chi connectivity index (χ4n) is 1.59. The molecule has 0 amide bonds. The summed E-state index contributed by atoms with van der Waals surface area (Å²) in [5.74, 6) is -0.283. The summed E-state index contributed by atoms with van der Waals surface area (Å²) in [6, 6.07) is 8.18. The minimum Gasteiger partial charge on any atom is -0.455 e. The molecule has 0 saturated heterocycles. The molecule has 1 rings (SSSR count). The van der Waals surface area contributed by atoms with Gasteiger partial charge in [-0.15, -0.1) is 0 Å². The van der Waals surface area contributed by atoms with Crippen LogP contribution in [0.3, 0.4) is 0 Å². The van der Waals surface area contributed by atoms with Crippen LogP contribution in [-0.4, -0.2) is 11.6 Å². The maximum atomic E-state index is 11.0. The number of esters is 1. The number of carbonyl (C=O) groups excluding carboxylic acids is 1. The van der Waals surface area contributed by atoms with Crippen LogP contribution in [-0.2, 0) is 16.0 Å². The van der Waals surface area contributed by atoms with E-state index in [-0.39, 0.29) is 5.97 Å². The van der Waals surface area contributed by atoms with Gasteiger partial charge in [0.1, 0.15) is 5.60 Å². The number of hydrogen-bond donors (Lipinski definition) is 0. The molecule has 86 valence electrons. The molecule has 0 fully saturated rings. The lowest BCUT2D eigenvalue weighted by molar-refractivity contribution is -0.150. The van der Waals surface area contributed by atoms with Crippen LogP contribution >= 0.6 is 0 Å². The second kappa shape index (κ2) is 4.97. The van der Waals surface area contributed by atoms with Crippen molar-refractivity contribution in [2.75, 3.05) is 0 Å². The predicted molar refractivity (Wildman–Crippen MR) is 65.3 cm³/mol. The third-order valence-electron chi connectivity index (χ3n) is 2.48. The fraction of sp³-hybridized carbons (Fsp3) is 0.357. The Morgan fingerprint density at radius 3 is 2.44 bits per heavy atom. The number of ether oxygens (including phenoxy) is 1. The van der Waals surface area contributed by atoms with Gasteiger partial charge in [0.15, 0.2) is 0 Å². The highest BCUT2D eigenvalue weighted by Gasteiger charge is 2.23. The second-order valence-electron chi connectivity index (χ2n) is 4.27. The summed E-state index contributed by atoms with van der Waals surface area (Å²) in [6.45, 7) is 9.04. The van der Waals surface area contributed by atoms with Gasteiger partial charge in [0.05, 0.1) is 0 Å². The molecule has 1 unspecified atom stereocenters. The lowest BCUT2D eigenvalue weighted by Crippen LogP contribution is -2.30. The Balaban J connectivity index is 2.80. The van der Waals surface area contributed by atoms with Crippen LogP contribution in [0.15, 0.2) is 36.9 Å². The maximum absolute atomic E-state index is 11.0. The van der Waals surface area contributed by atoms with E-state index < -0.39 is 5.60 Å². The summed E-state index contributed by atoms with van der Waals surface area (Å²) >= 11 is 0.